The number of aliphatic imine (C=N–C) groups is 2. The molecule has 0 saturated carbocycles. The molecule has 90 heavy (non-hydrogen) atoms. The molecule has 12 rings (SSSR count). The summed E-state index contributed by atoms with van der Waals surface area (Å²) in [6.45, 7) is 9.32. The fourth-order valence-electron chi connectivity index (χ4n) is 11.8. The van der Waals surface area contributed by atoms with Crippen LogP contribution in [0.1, 0.15) is 58.2 Å². The molecule has 0 bridgehead atoms. The molecule has 8 heterocycles. The van der Waals surface area contributed by atoms with Gasteiger partial charge in [0.2, 0.25) is 0 Å². The van der Waals surface area contributed by atoms with Crippen LogP contribution >= 0.6 is 57.5 Å². The van der Waals surface area contributed by atoms with Gasteiger partial charge in [-0.1, -0.05) is 83.3 Å². The number of carbonyl (C=O) groups excluding carboxylic acids is 5. The number of nitrogens with one attached hydrogen (secondary N) is 2. The number of piperazine rings is 2. The van der Waals surface area contributed by atoms with E-state index in [1.807, 2.05) is 89.0 Å². The van der Waals surface area contributed by atoms with Gasteiger partial charge in [0.05, 0.1) is 37.4 Å². The molecule has 4 amide bonds. The van der Waals surface area contributed by atoms with Gasteiger partial charge < -0.3 is 39.8 Å². The number of halogens is 3. The quantitative estimate of drug-likeness (QED) is 0.0334. The number of fused-ring (bicyclic) bond motifs is 2. The number of urea groups is 2. The molecule has 6 aliphatic rings. The van der Waals surface area contributed by atoms with Crippen LogP contribution in [0.25, 0.3) is 6.08 Å². The lowest BCUT2D eigenvalue weighted by Crippen LogP contribution is -2.53. The van der Waals surface area contributed by atoms with Crippen molar-refractivity contribution < 1.29 is 48.1 Å². The van der Waals surface area contributed by atoms with Crippen LogP contribution in [0, 0.1) is 0 Å². The van der Waals surface area contributed by atoms with Gasteiger partial charge in [0.25, 0.3) is 6.47 Å². The van der Waals surface area contributed by atoms with Gasteiger partial charge in [0.15, 0.2) is 21.7 Å². The number of benzene rings is 4. The van der Waals surface area contributed by atoms with E-state index in [4.69, 9.17) is 64.1 Å². The van der Waals surface area contributed by atoms with E-state index in [1.54, 1.807) is 58.6 Å². The van der Waals surface area contributed by atoms with E-state index in [1.165, 1.54) is 43.0 Å². The maximum absolute atomic E-state index is 13.5. The number of hydrogen-bond donors (Lipinski definition) is 3. The van der Waals surface area contributed by atoms with Gasteiger partial charge in [0.1, 0.15) is 17.7 Å². The number of carbonyl (C=O) groups is 6. The summed E-state index contributed by atoms with van der Waals surface area (Å²) in [6.07, 6.45) is 5.99. The Bertz CT molecular complexity index is 3880. The molecular weight excluding hydrogens is 1260 g/mol. The molecule has 0 spiro atoms. The Morgan fingerprint density at radius 2 is 1.17 bits per heavy atom. The highest BCUT2D eigenvalue weighted by atomic mass is 35.5. The molecule has 466 valence electrons. The van der Waals surface area contributed by atoms with Gasteiger partial charge in [-0.3, -0.25) is 34.4 Å². The minimum absolute atomic E-state index is 0.0540. The Morgan fingerprint density at radius 3 is 1.62 bits per heavy atom. The number of esters is 2. The molecule has 4 atom stereocenters. The second kappa shape index (κ2) is 27.3. The van der Waals surface area contributed by atoms with Crippen LogP contribution in [0.4, 0.5) is 21.0 Å². The monoisotopic (exact) mass is 1310 g/mol. The van der Waals surface area contributed by atoms with Crippen LogP contribution in [0.3, 0.4) is 0 Å². The zero-order valence-electron chi connectivity index (χ0n) is 49.1. The summed E-state index contributed by atoms with van der Waals surface area (Å²) in [5, 5.41) is 22.1. The molecule has 4 aromatic carbocycles. The van der Waals surface area contributed by atoms with Crippen molar-refractivity contribution >= 4 is 123 Å². The summed E-state index contributed by atoms with van der Waals surface area (Å²) in [5.74, 6) is -0.961. The number of aliphatic carboxylic acids is 1. The number of amides is 4. The highest BCUT2D eigenvalue weighted by Crippen LogP contribution is 2.40. The van der Waals surface area contributed by atoms with Gasteiger partial charge in [-0.25, -0.2) is 33.9 Å². The minimum atomic E-state index is -1.02. The highest BCUT2D eigenvalue weighted by molar-refractivity contribution is 7.12. The first-order chi connectivity index (χ1) is 43.4. The van der Waals surface area contributed by atoms with E-state index >= 15 is 0 Å². The third kappa shape index (κ3) is 13.5. The normalized spacial score (nSPS) is 20.4. The topological polar surface area (TPSA) is 244 Å². The van der Waals surface area contributed by atoms with Crippen molar-refractivity contribution in [3.63, 3.8) is 0 Å². The van der Waals surface area contributed by atoms with E-state index < -0.39 is 35.6 Å². The van der Waals surface area contributed by atoms with Crippen LogP contribution in [0.15, 0.2) is 153 Å². The molecule has 4 saturated heterocycles. The number of carboxylic acids is 1. The third-order valence-corrected chi connectivity index (χ3v) is 18.7. The average molecular weight is 1320 g/mol. The number of rotatable bonds is 17. The molecule has 0 radical (unpaired) electrons. The van der Waals surface area contributed by atoms with E-state index in [9.17, 15) is 28.8 Å². The Balaban J connectivity index is 0.000000185. The first-order valence-electron chi connectivity index (χ1n) is 28.6. The first-order valence-corrected chi connectivity index (χ1v) is 31.5. The number of ether oxygens (including phenoxy) is 3. The Hall–Kier alpha value is -8.49. The zero-order valence-corrected chi connectivity index (χ0v) is 53.0. The van der Waals surface area contributed by atoms with Crippen LogP contribution in [-0.2, 0) is 39.0 Å². The van der Waals surface area contributed by atoms with Gasteiger partial charge in [0, 0.05) is 144 Å². The fourth-order valence-corrected chi connectivity index (χ4v) is 13.7. The second-order valence-electron chi connectivity index (χ2n) is 22.1. The van der Waals surface area contributed by atoms with Gasteiger partial charge >= 0.3 is 30.0 Å². The van der Waals surface area contributed by atoms with Crippen molar-refractivity contribution in [3.8, 4) is 0 Å². The summed E-state index contributed by atoms with van der Waals surface area (Å²) < 4.78 is 15.7. The number of anilines is 2. The van der Waals surface area contributed by atoms with Crippen molar-refractivity contribution in [2.75, 3.05) is 89.5 Å². The summed E-state index contributed by atoms with van der Waals surface area (Å²) in [6, 6.07) is 25.5. The average Bonchev–Trinajstić information content (AvgIpc) is 1.39. The second-order valence-corrected chi connectivity index (χ2v) is 25.2. The standard InChI is InChI=1S/C32H32Cl2N6O5S.C31H29ClN6O5S/c1-32(2,45-18-41)19-4-7-21(8-5-19)40-16-22-15-38(11-12-39(22)31(40)43)17-25-26(30(42)44-3)27(23-9-6-20(33)14-24(23)34)37-28(36-25)29-35-10-13-46-29;1-43-30(41)26-24(34-28(29-33-12-15-44-29)35-27(26)22-4-2-3-5-23(22)32)18-36-13-14-37-21(16-36)17-38(31(37)42)20-9-6-19(7-10-20)8-11-25(39)40/h4-10,13-14,18,22,27H,11-12,15-17H2,1-3H3,(H,36,37);2-12,15,21,27H,13-14,16-18H2,1H3,(H,34,35)(H,39,40)/b;11-8+/t22-,27-;21-,27-/m00/s1. The summed E-state index contributed by atoms with van der Waals surface area (Å²) in [7, 11) is 2.69. The predicted molar refractivity (Wildman–Crippen MR) is 344 cm³/mol. The van der Waals surface area contributed by atoms with Gasteiger partial charge in [-0.2, -0.15) is 0 Å². The van der Waals surface area contributed by atoms with Crippen LogP contribution in [0.2, 0.25) is 15.1 Å². The summed E-state index contributed by atoms with van der Waals surface area (Å²) in [4.78, 5) is 106. The lowest BCUT2D eigenvalue weighted by atomic mass is 9.95. The molecule has 2 aromatic heterocycles. The maximum atomic E-state index is 13.5. The smallest absolute Gasteiger partial charge is 0.338 e. The number of nitrogens with zero attached hydrogens (tertiary/aromatic N) is 10. The summed E-state index contributed by atoms with van der Waals surface area (Å²) >= 11 is 22.3. The van der Waals surface area contributed by atoms with E-state index in [0.717, 1.165) is 28.6 Å². The largest absolute Gasteiger partial charge is 0.478 e. The number of methoxy groups -OCH3 is 2. The van der Waals surface area contributed by atoms with Gasteiger partial charge in [-0.05, 0) is 73.5 Å². The van der Waals surface area contributed by atoms with Crippen LogP contribution in [-0.4, -0.2) is 175 Å². The third-order valence-electron chi connectivity index (χ3n) is 16.3. The first kappa shape index (κ1) is 63.1. The lowest BCUT2D eigenvalue weighted by Gasteiger charge is -2.38. The fraction of sp³-hybridized carbons (Fsp3) is 0.302. The molecule has 27 heteroatoms. The number of carboxylic acid groups (broad SMARTS) is 1. The number of aromatic nitrogens is 2. The van der Waals surface area contributed by atoms with Crippen LogP contribution in [0.5, 0.6) is 0 Å². The molecule has 3 N–H and O–H groups in total. The Labute approximate surface area is 541 Å². The van der Waals surface area contributed by atoms with Gasteiger partial charge in [-0.15, -0.1) is 22.7 Å². The summed E-state index contributed by atoms with van der Waals surface area (Å²) in [5.41, 5.74) is 5.63. The molecule has 4 fully saturated rings. The van der Waals surface area contributed by atoms with Crippen molar-refractivity contribution in [1.29, 1.82) is 0 Å². The molecule has 0 aliphatic carbocycles. The predicted octanol–water partition coefficient (Wildman–Crippen LogP) is 9.04. The highest BCUT2D eigenvalue weighted by Gasteiger charge is 2.45. The van der Waals surface area contributed by atoms with Crippen molar-refractivity contribution in [2.24, 2.45) is 9.98 Å². The number of thiazole rings is 2. The van der Waals surface area contributed by atoms with Crippen molar-refractivity contribution in [2.45, 2.75) is 43.6 Å². The maximum Gasteiger partial charge on any atom is 0.338 e. The number of hydrogen-bond acceptors (Lipinski definition) is 19. The van der Waals surface area contributed by atoms with Crippen LogP contribution < -0.4 is 20.4 Å². The minimum Gasteiger partial charge on any atom is -0.478 e. The van der Waals surface area contributed by atoms with E-state index in [2.05, 4.69) is 30.4 Å². The van der Waals surface area contributed by atoms with E-state index in [-0.39, 0.29) is 24.1 Å². The molecule has 22 nitrogen and oxygen atoms in total. The molecular formula is C63H61Cl3N12O10S2. The van der Waals surface area contributed by atoms with Crippen molar-refractivity contribution in [3.05, 3.63) is 190 Å². The molecule has 6 aromatic rings. The van der Waals surface area contributed by atoms with E-state index in [0.29, 0.717) is 142 Å². The molecule has 6 aliphatic heterocycles. The Morgan fingerprint density at radius 1 is 0.667 bits per heavy atom. The zero-order chi connectivity index (χ0) is 63.4. The lowest BCUT2D eigenvalue weighted by molar-refractivity contribution is -0.141. The number of amidine groups is 2. The van der Waals surface area contributed by atoms with Crippen molar-refractivity contribution in [1.82, 2.24) is 40.2 Å². The SMILES string of the molecule is COC(=O)C1=C(CN2CCN3C(=O)N(c4ccc(/C=C/C(=O)O)cc4)C[C@@H]3C2)NC(c2nccs2)=N[C@H]1c1ccccc1Cl.COC(=O)C1=C(CN2CCN3C(=O)N(c4ccc(C(C)(C)OC=O)cc4)C[C@@H]3C2)NC(c2nccs2)=N[C@H]1c1ccc(Cl)cc1Cl. The molecule has 0 unspecified atom stereocenters. The Kier molecular flexibility index (Phi) is 19.1.